The van der Waals surface area contributed by atoms with E-state index in [1.165, 1.54) is 6.07 Å². The van der Waals surface area contributed by atoms with Crippen LogP contribution in [-0.2, 0) is 15.2 Å². The van der Waals surface area contributed by atoms with Gasteiger partial charge in [0.25, 0.3) is 5.60 Å². The normalized spacial score (nSPS) is 18.6. The first-order valence-corrected chi connectivity index (χ1v) is 8.86. The van der Waals surface area contributed by atoms with Gasteiger partial charge >= 0.3 is 12.1 Å². The second-order valence-electron chi connectivity index (χ2n) is 6.19. The third kappa shape index (κ3) is 3.89. The van der Waals surface area contributed by atoms with Crippen molar-refractivity contribution >= 4 is 40.7 Å². The molecule has 1 aliphatic rings. The number of carbonyl (C=O) groups is 1. The van der Waals surface area contributed by atoms with Crippen LogP contribution >= 0.6 is 23.2 Å². The molecule has 0 aromatic heterocycles. The molecule has 30 heavy (non-hydrogen) atoms. The van der Waals surface area contributed by atoms with E-state index < -0.39 is 58.5 Å². The van der Waals surface area contributed by atoms with Gasteiger partial charge in [0.1, 0.15) is 11.4 Å². The van der Waals surface area contributed by atoms with Crippen LogP contribution in [0.3, 0.4) is 0 Å². The zero-order valence-electron chi connectivity index (χ0n) is 14.9. The zero-order valence-corrected chi connectivity index (χ0v) is 16.4. The van der Waals surface area contributed by atoms with E-state index in [0.717, 1.165) is 31.4 Å². The van der Waals surface area contributed by atoms with E-state index in [1.54, 1.807) is 0 Å². The van der Waals surface area contributed by atoms with Crippen molar-refractivity contribution in [3.05, 3.63) is 63.1 Å². The molecule has 0 saturated carbocycles. The molecule has 3 rings (SSSR count). The summed E-state index contributed by atoms with van der Waals surface area (Å²) in [5.41, 5.74) is -4.86. The summed E-state index contributed by atoms with van der Waals surface area (Å²) in [5, 5.41) is 5.54. The van der Waals surface area contributed by atoms with E-state index in [1.807, 2.05) is 0 Å². The Balaban J connectivity index is 1.95. The number of nitrogens with one attached hydrogen (secondary N) is 1. The molecule has 0 radical (unpaired) electrons. The number of hydrogen-bond donors (Lipinski definition) is 1. The Bertz CT molecular complexity index is 1020. The summed E-state index contributed by atoms with van der Waals surface area (Å²) < 4.78 is 74.4. The number of halogens is 7. The summed E-state index contributed by atoms with van der Waals surface area (Å²) >= 11 is 11.6. The maximum absolute atomic E-state index is 14.5. The molecule has 1 atom stereocenters. The molecule has 0 fully saturated rings. The van der Waals surface area contributed by atoms with Gasteiger partial charge in [-0.2, -0.15) is 13.2 Å². The summed E-state index contributed by atoms with van der Waals surface area (Å²) in [6.07, 6.45) is -5.84. The van der Waals surface area contributed by atoms with E-state index in [4.69, 9.17) is 28.0 Å². The largest absolute Gasteiger partial charge is 0.465 e. The van der Waals surface area contributed by atoms with Gasteiger partial charge in [-0.3, -0.25) is 0 Å². The van der Waals surface area contributed by atoms with E-state index >= 15 is 0 Å². The maximum Gasteiger partial charge on any atom is 0.435 e. The van der Waals surface area contributed by atoms with E-state index in [2.05, 4.69) is 15.2 Å². The van der Waals surface area contributed by atoms with Crippen LogP contribution in [0.15, 0.2) is 35.5 Å². The first-order chi connectivity index (χ1) is 14.0. The minimum Gasteiger partial charge on any atom is -0.465 e. The Morgan fingerprint density at radius 1 is 1.20 bits per heavy atom. The van der Waals surface area contributed by atoms with Gasteiger partial charge in [0.15, 0.2) is 11.7 Å². The van der Waals surface area contributed by atoms with Gasteiger partial charge in [0.05, 0.1) is 19.2 Å². The molecule has 1 unspecified atom stereocenters. The number of nitrogens with zero attached hydrogens (tertiary/aromatic N) is 1. The van der Waals surface area contributed by atoms with Crippen molar-refractivity contribution in [1.82, 2.24) is 0 Å². The standard InChI is InChI=1S/C18H11Cl2F5N2O3/c1-29-16(28)14-11(21)2-3-12(15(14)22)26-13-7-17(30-27-13,18(23,24)25)8-4-9(19)6-10(20)5-8/h2-6H,7H2,1H3,(H,26,27). The third-order valence-electron chi connectivity index (χ3n) is 4.27. The van der Waals surface area contributed by atoms with Gasteiger partial charge in [-0.25, -0.2) is 13.6 Å². The molecule has 160 valence electrons. The SMILES string of the molecule is COC(=O)c1c(F)ccc(NC2=NOC(c3cc(Cl)cc(Cl)c3)(C(F)(F)F)C2)c1F. The first-order valence-electron chi connectivity index (χ1n) is 8.10. The highest BCUT2D eigenvalue weighted by Crippen LogP contribution is 2.49. The number of benzene rings is 2. The Hall–Kier alpha value is -2.59. The average Bonchev–Trinajstić information content (AvgIpc) is 3.08. The minimum absolute atomic E-state index is 0.0570. The van der Waals surface area contributed by atoms with Crippen LogP contribution in [0.1, 0.15) is 22.3 Å². The quantitative estimate of drug-likeness (QED) is 0.466. The van der Waals surface area contributed by atoms with Crippen molar-refractivity contribution in [1.29, 1.82) is 0 Å². The predicted octanol–water partition coefficient (Wildman–Crippen LogP) is 5.66. The summed E-state index contributed by atoms with van der Waals surface area (Å²) in [4.78, 5) is 16.3. The molecular weight excluding hydrogens is 458 g/mol. The van der Waals surface area contributed by atoms with Gasteiger partial charge in [-0.1, -0.05) is 28.4 Å². The van der Waals surface area contributed by atoms with E-state index in [9.17, 15) is 26.7 Å². The van der Waals surface area contributed by atoms with Crippen molar-refractivity contribution in [3.8, 4) is 0 Å². The van der Waals surface area contributed by atoms with E-state index in [-0.39, 0.29) is 10.0 Å². The van der Waals surface area contributed by atoms with Gasteiger partial charge in [-0.05, 0) is 30.3 Å². The molecule has 0 bridgehead atoms. The molecule has 0 aliphatic carbocycles. The minimum atomic E-state index is -4.95. The molecule has 1 N–H and O–H groups in total. The highest BCUT2D eigenvalue weighted by atomic mass is 35.5. The summed E-state index contributed by atoms with van der Waals surface area (Å²) in [6, 6.07) is 4.93. The topological polar surface area (TPSA) is 59.9 Å². The first kappa shape index (κ1) is 22.1. The van der Waals surface area contributed by atoms with Gasteiger partial charge in [-0.15, -0.1) is 0 Å². The number of amidine groups is 1. The smallest absolute Gasteiger partial charge is 0.435 e. The van der Waals surface area contributed by atoms with Crippen LogP contribution in [0.2, 0.25) is 10.0 Å². The average molecular weight is 469 g/mol. The molecule has 12 heteroatoms. The predicted molar refractivity (Wildman–Crippen MR) is 98.7 cm³/mol. The Kier molecular flexibility index (Phi) is 5.83. The van der Waals surface area contributed by atoms with Crippen molar-refractivity contribution in [2.24, 2.45) is 5.16 Å². The Labute approximate surface area is 176 Å². The maximum atomic E-state index is 14.5. The fourth-order valence-electron chi connectivity index (χ4n) is 2.85. The lowest BCUT2D eigenvalue weighted by molar-refractivity contribution is -0.275. The van der Waals surface area contributed by atoms with Crippen molar-refractivity contribution in [2.45, 2.75) is 18.2 Å². The molecule has 2 aromatic rings. The summed E-state index contributed by atoms with van der Waals surface area (Å²) in [6.45, 7) is 0. The number of rotatable bonds is 3. The van der Waals surface area contributed by atoms with Crippen LogP contribution in [0.4, 0.5) is 27.6 Å². The second kappa shape index (κ2) is 7.92. The number of ether oxygens (including phenoxy) is 1. The Morgan fingerprint density at radius 3 is 2.40 bits per heavy atom. The van der Waals surface area contributed by atoms with Crippen LogP contribution in [0, 0.1) is 11.6 Å². The molecule has 0 amide bonds. The Morgan fingerprint density at radius 2 is 1.83 bits per heavy atom. The van der Waals surface area contributed by atoms with Crippen LogP contribution in [0.5, 0.6) is 0 Å². The van der Waals surface area contributed by atoms with Crippen LogP contribution in [0.25, 0.3) is 0 Å². The van der Waals surface area contributed by atoms with Gasteiger partial charge < -0.3 is 14.9 Å². The molecule has 1 heterocycles. The lowest BCUT2D eigenvalue weighted by Crippen LogP contribution is -2.43. The molecule has 2 aromatic carbocycles. The molecule has 1 aliphatic heterocycles. The number of oxime groups is 1. The monoisotopic (exact) mass is 468 g/mol. The fraction of sp³-hybridized carbons (Fsp3) is 0.222. The lowest BCUT2D eigenvalue weighted by atomic mass is 9.89. The second-order valence-corrected chi connectivity index (χ2v) is 7.06. The number of anilines is 1. The third-order valence-corrected chi connectivity index (χ3v) is 4.71. The number of methoxy groups -OCH3 is 1. The fourth-order valence-corrected chi connectivity index (χ4v) is 3.38. The van der Waals surface area contributed by atoms with Crippen molar-refractivity contribution in [3.63, 3.8) is 0 Å². The molecule has 0 spiro atoms. The molecular formula is C18H11Cl2F5N2O3. The number of carbonyl (C=O) groups excluding carboxylic acids is 1. The molecule has 5 nitrogen and oxygen atoms in total. The number of alkyl halides is 3. The summed E-state index contributed by atoms with van der Waals surface area (Å²) in [7, 11) is 0.921. The lowest BCUT2D eigenvalue weighted by Gasteiger charge is -2.29. The highest BCUT2D eigenvalue weighted by Gasteiger charge is 2.62. The van der Waals surface area contributed by atoms with Crippen molar-refractivity contribution in [2.75, 3.05) is 12.4 Å². The summed E-state index contributed by atoms with van der Waals surface area (Å²) in [5.74, 6) is -4.28. The van der Waals surface area contributed by atoms with E-state index in [0.29, 0.717) is 0 Å². The van der Waals surface area contributed by atoms with Crippen LogP contribution in [-0.4, -0.2) is 25.1 Å². The number of hydrogen-bond acceptors (Lipinski definition) is 5. The van der Waals surface area contributed by atoms with Crippen molar-refractivity contribution < 1.29 is 36.3 Å². The molecule has 0 saturated heterocycles. The zero-order chi connectivity index (χ0) is 22.3. The van der Waals surface area contributed by atoms with Gasteiger partial charge in [0.2, 0.25) is 0 Å². The highest BCUT2D eigenvalue weighted by molar-refractivity contribution is 6.34. The van der Waals surface area contributed by atoms with Crippen LogP contribution < -0.4 is 5.32 Å². The number of esters is 1. The van der Waals surface area contributed by atoms with Gasteiger partial charge in [0, 0.05) is 15.6 Å².